The summed E-state index contributed by atoms with van der Waals surface area (Å²) in [6.07, 6.45) is 0.477. The SMILES string of the molecule is CCC(N)(Cl)C#N. The zero-order chi connectivity index (χ0) is 5.91. The normalized spacial score (nSPS) is 17.4. The molecule has 0 aromatic carbocycles. The number of nitriles is 1. The van der Waals surface area contributed by atoms with Gasteiger partial charge in [-0.1, -0.05) is 18.5 Å². The fourth-order valence-corrected chi connectivity index (χ4v) is 0.0791. The lowest BCUT2D eigenvalue weighted by Gasteiger charge is -2.05. The van der Waals surface area contributed by atoms with Crippen LogP contribution < -0.4 is 5.73 Å². The topological polar surface area (TPSA) is 49.8 Å². The third kappa shape index (κ3) is 2.44. The average molecular weight is 119 g/mol. The minimum atomic E-state index is -1.14. The van der Waals surface area contributed by atoms with Crippen LogP contribution in [0, 0.1) is 11.3 Å². The Morgan fingerprint density at radius 3 is 2.43 bits per heavy atom. The number of nitrogens with zero attached hydrogens (tertiary/aromatic N) is 1. The summed E-state index contributed by atoms with van der Waals surface area (Å²) in [5, 5.41) is 8.09. The van der Waals surface area contributed by atoms with E-state index in [1.807, 2.05) is 0 Å². The molecule has 0 bridgehead atoms. The van der Waals surface area contributed by atoms with E-state index in [0.29, 0.717) is 6.42 Å². The molecule has 0 amide bonds. The summed E-state index contributed by atoms with van der Waals surface area (Å²) >= 11 is 5.32. The van der Waals surface area contributed by atoms with E-state index in [2.05, 4.69) is 0 Å². The van der Waals surface area contributed by atoms with Crippen molar-refractivity contribution in [1.29, 1.82) is 5.26 Å². The van der Waals surface area contributed by atoms with E-state index >= 15 is 0 Å². The number of hydrogen-bond donors (Lipinski definition) is 1. The fraction of sp³-hybridized carbons (Fsp3) is 0.750. The van der Waals surface area contributed by atoms with E-state index < -0.39 is 5.00 Å². The van der Waals surface area contributed by atoms with Crippen LogP contribution in [0.4, 0.5) is 0 Å². The molecule has 0 aliphatic carbocycles. The van der Waals surface area contributed by atoms with Gasteiger partial charge in [0, 0.05) is 0 Å². The fourth-order valence-electron chi connectivity index (χ4n) is 0.0791. The molecule has 2 N–H and O–H groups in total. The lowest BCUT2D eigenvalue weighted by atomic mass is 10.3. The molecule has 0 radical (unpaired) electrons. The Morgan fingerprint density at radius 1 is 2.00 bits per heavy atom. The van der Waals surface area contributed by atoms with Gasteiger partial charge in [-0.15, -0.1) is 0 Å². The minimum Gasteiger partial charge on any atom is -0.301 e. The molecule has 0 aliphatic heterocycles. The maximum absolute atomic E-state index is 8.09. The van der Waals surface area contributed by atoms with E-state index in [-0.39, 0.29) is 0 Å². The first-order chi connectivity index (χ1) is 3.12. The molecule has 0 fully saturated rings. The second kappa shape index (κ2) is 2.15. The summed E-state index contributed by atoms with van der Waals surface area (Å²) in [4.78, 5) is -1.14. The van der Waals surface area contributed by atoms with Crippen LogP contribution in [0.2, 0.25) is 0 Å². The zero-order valence-corrected chi connectivity index (χ0v) is 4.87. The largest absolute Gasteiger partial charge is 0.301 e. The molecule has 0 saturated carbocycles. The maximum atomic E-state index is 8.09. The highest BCUT2D eigenvalue weighted by molar-refractivity contribution is 6.25. The van der Waals surface area contributed by atoms with Crippen LogP contribution >= 0.6 is 11.6 Å². The van der Waals surface area contributed by atoms with Crippen LogP contribution in [-0.4, -0.2) is 5.00 Å². The third-order valence-electron chi connectivity index (χ3n) is 0.700. The van der Waals surface area contributed by atoms with Crippen LogP contribution in [0.15, 0.2) is 0 Å². The van der Waals surface area contributed by atoms with Crippen LogP contribution in [0.5, 0.6) is 0 Å². The first-order valence-electron chi connectivity index (χ1n) is 2.01. The van der Waals surface area contributed by atoms with Gasteiger partial charge in [-0.25, -0.2) is 0 Å². The maximum Gasteiger partial charge on any atom is 0.178 e. The molecule has 40 valence electrons. The Kier molecular flexibility index (Phi) is 2.07. The van der Waals surface area contributed by atoms with E-state index in [4.69, 9.17) is 22.6 Å². The Morgan fingerprint density at radius 2 is 2.43 bits per heavy atom. The van der Waals surface area contributed by atoms with Crippen LogP contribution in [0.25, 0.3) is 0 Å². The number of rotatable bonds is 1. The molecule has 1 atom stereocenters. The molecular formula is C4H7ClN2. The molecule has 0 rings (SSSR count). The first kappa shape index (κ1) is 6.74. The highest BCUT2D eigenvalue weighted by Crippen LogP contribution is 2.08. The molecule has 0 aromatic rings. The summed E-state index contributed by atoms with van der Waals surface area (Å²) in [5.74, 6) is 0. The van der Waals surface area contributed by atoms with Crippen molar-refractivity contribution in [1.82, 2.24) is 0 Å². The Bertz CT molecular complexity index is 92.4. The van der Waals surface area contributed by atoms with Gasteiger partial charge in [-0.2, -0.15) is 5.26 Å². The van der Waals surface area contributed by atoms with Crippen molar-refractivity contribution >= 4 is 11.6 Å². The molecular weight excluding hydrogens is 112 g/mol. The van der Waals surface area contributed by atoms with Crippen LogP contribution in [-0.2, 0) is 0 Å². The summed E-state index contributed by atoms with van der Waals surface area (Å²) in [7, 11) is 0. The smallest absolute Gasteiger partial charge is 0.178 e. The van der Waals surface area contributed by atoms with Crippen molar-refractivity contribution in [2.24, 2.45) is 5.73 Å². The van der Waals surface area contributed by atoms with Crippen molar-refractivity contribution in [2.75, 3.05) is 0 Å². The van der Waals surface area contributed by atoms with Gasteiger partial charge in [0.15, 0.2) is 5.00 Å². The van der Waals surface area contributed by atoms with Gasteiger partial charge in [0.1, 0.15) is 6.07 Å². The lowest BCUT2D eigenvalue weighted by molar-refractivity contribution is 0.720. The minimum absolute atomic E-state index is 0.477. The zero-order valence-electron chi connectivity index (χ0n) is 4.11. The Hall–Kier alpha value is -0.260. The number of nitrogens with two attached hydrogens (primary N) is 1. The molecule has 0 heterocycles. The molecule has 2 nitrogen and oxygen atoms in total. The molecule has 0 saturated heterocycles. The molecule has 0 aliphatic rings. The van der Waals surface area contributed by atoms with Crippen LogP contribution in [0.1, 0.15) is 13.3 Å². The van der Waals surface area contributed by atoms with Crippen molar-refractivity contribution < 1.29 is 0 Å². The number of hydrogen-bond acceptors (Lipinski definition) is 2. The van der Waals surface area contributed by atoms with E-state index in [1.54, 1.807) is 13.0 Å². The van der Waals surface area contributed by atoms with Crippen molar-refractivity contribution in [3.8, 4) is 6.07 Å². The molecule has 0 spiro atoms. The quantitative estimate of drug-likeness (QED) is 0.409. The Balaban J connectivity index is 3.66. The van der Waals surface area contributed by atoms with E-state index in [0.717, 1.165) is 0 Å². The summed E-state index contributed by atoms with van der Waals surface area (Å²) in [6.45, 7) is 1.76. The van der Waals surface area contributed by atoms with Crippen LogP contribution in [0.3, 0.4) is 0 Å². The Labute approximate surface area is 47.9 Å². The summed E-state index contributed by atoms with van der Waals surface area (Å²) in [6, 6.07) is 1.73. The van der Waals surface area contributed by atoms with Gasteiger partial charge in [0.25, 0.3) is 0 Å². The molecule has 7 heavy (non-hydrogen) atoms. The van der Waals surface area contributed by atoms with Gasteiger partial charge in [-0.05, 0) is 6.42 Å². The lowest BCUT2D eigenvalue weighted by Crippen LogP contribution is -2.29. The second-order valence-electron chi connectivity index (χ2n) is 1.33. The average Bonchev–Trinajstić information content (AvgIpc) is 1.68. The van der Waals surface area contributed by atoms with Crippen molar-refractivity contribution in [2.45, 2.75) is 18.3 Å². The van der Waals surface area contributed by atoms with Gasteiger partial charge in [0.05, 0.1) is 0 Å². The third-order valence-corrected chi connectivity index (χ3v) is 1.05. The van der Waals surface area contributed by atoms with Gasteiger partial charge >= 0.3 is 0 Å². The molecule has 3 heteroatoms. The highest BCUT2D eigenvalue weighted by Gasteiger charge is 2.15. The second-order valence-corrected chi connectivity index (χ2v) is 2.00. The van der Waals surface area contributed by atoms with Gasteiger partial charge in [-0.3, -0.25) is 0 Å². The predicted molar refractivity (Wildman–Crippen MR) is 28.7 cm³/mol. The summed E-state index contributed by atoms with van der Waals surface area (Å²) < 4.78 is 0. The van der Waals surface area contributed by atoms with Crippen molar-refractivity contribution in [3.63, 3.8) is 0 Å². The van der Waals surface area contributed by atoms with E-state index in [9.17, 15) is 0 Å². The van der Waals surface area contributed by atoms with Gasteiger partial charge in [0.2, 0.25) is 0 Å². The number of halogens is 1. The predicted octanol–water partition coefficient (Wildman–Crippen LogP) is 0.814. The highest BCUT2D eigenvalue weighted by atomic mass is 35.5. The molecule has 0 aromatic heterocycles. The van der Waals surface area contributed by atoms with Crippen molar-refractivity contribution in [3.05, 3.63) is 0 Å². The summed E-state index contributed by atoms with van der Waals surface area (Å²) in [5.41, 5.74) is 5.12. The van der Waals surface area contributed by atoms with Gasteiger partial charge < -0.3 is 5.73 Å². The first-order valence-corrected chi connectivity index (χ1v) is 2.39. The monoisotopic (exact) mass is 118 g/mol. The molecule has 1 unspecified atom stereocenters. The number of alkyl halides is 1. The standard InChI is InChI=1S/C4H7ClN2/c1-2-4(5,7)3-6/h2,7H2,1H3. The van der Waals surface area contributed by atoms with E-state index in [1.165, 1.54) is 0 Å².